The fourth-order valence-electron chi connectivity index (χ4n) is 2.74. The van der Waals surface area contributed by atoms with Crippen LogP contribution < -0.4 is 0 Å². The van der Waals surface area contributed by atoms with Crippen LogP contribution >= 0.6 is 11.8 Å². The molecule has 2 aromatic rings. The number of hydrogen-bond acceptors (Lipinski definition) is 2. The summed E-state index contributed by atoms with van der Waals surface area (Å²) < 4.78 is 27.2. The van der Waals surface area contributed by atoms with Crippen LogP contribution in [0.1, 0.15) is 23.4 Å². The van der Waals surface area contributed by atoms with Crippen molar-refractivity contribution in [2.45, 2.75) is 24.0 Å². The monoisotopic (exact) mass is 333 g/mol. The molecule has 2 atom stereocenters. The summed E-state index contributed by atoms with van der Waals surface area (Å²) in [6.07, 6.45) is 0.708. The smallest absolute Gasteiger partial charge is 0.236 e. The number of hydrogen-bond donors (Lipinski definition) is 0. The zero-order valence-corrected chi connectivity index (χ0v) is 13.5. The van der Waals surface area contributed by atoms with Gasteiger partial charge in [0, 0.05) is 18.2 Å². The average Bonchev–Trinajstić information content (AvgIpc) is 2.81. The molecule has 1 heterocycles. The van der Waals surface area contributed by atoms with Gasteiger partial charge in [0.1, 0.15) is 17.0 Å². The van der Waals surface area contributed by atoms with Crippen LogP contribution in [-0.2, 0) is 11.2 Å². The molecular formula is C18H17F2NOS. The van der Waals surface area contributed by atoms with Crippen molar-refractivity contribution >= 4 is 17.7 Å². The molecule has 0 saturated carbocycles. The van der Waals surface area contributed by atoms with Gasteiger partial charge < -0.3 is 4.90 Å². The Hall–Kier alpha value is -1.88. The molecule has 1 aliphatic rings. The minimum Gasteiger partial charge on any atom is -0.325 e. The van der Waals surface area contributed by atoms with Gasteiger partial charge in [0.05, 0.1) is 5.25 Å². The molecule has 0 N–H and O–H groups in total. The van der Waals surface area contributed by atoms with Gasteiger partial charge in [0.2, 0.25) is 5.91 Å². The Bertz CT molecular complexity index is 707. The highest BCUT2D eigenvalue weighted by molar-refractivity contribution is 8.01. The third kappa shape index (κ3) is 3.39. The quantitative estimate of drug-likeness (QED) is 0.837. The first kappa shape index (κ1) is 16.0. The van der Waals surface area contributed by atoms with Crippen molar-refractivity contribution in [3.63, 3.8) is 0 Å². The molecule has 2 aromatic carbocycles. The van der Waals surface area contributed by atoms with E-state index in [1.54, 1.807) is 4.90 Å². The van der Waals surface area contributed by atoms with Crippen LogP contribution in [0.5, 0.6) is 0 Å². The molecule has 1 saturated heterocycles. The second-order valence-electron chi connectivity index (χ2n) is 5.56. The molecule has 0 aromatic heterocycles. The molecule has 3 rings (SSSR count). The highest BCUT2D eigenvalue weighted by Gasteiger charge is 2.39. The largest absolute Gasteiger partial charge is 0.325 e. The van der Waals surface area contributed by atoms with Crippen molar-refractivity contribution < 1.29 is 13.6 Å². The number of rotatable bonds is 4. The van der Waals surface area contributed by atoms with Gasteiger partial charge in [-0.15, -0.1) is 11.8 Å². The van der Waals surface area contributed by atoms with Crippen LogP contribution in [0.2, 0.25) is 0 Å². The van der Waals surface area contributed by atoms with E-state index < -0.39 is 17.0 Å². The van der Waals surface area contributed by atoms with Crippen LogP contribution in [-0.4, -0.2) is 22.6 Å². The molecule has 23 heavy (non-hydrogen) atoms. The summed E-state index contributed by atoms with van der Waals surface area (Å²) in [4.78, 5) is 14.1. The summed E-state index contributed by atoms with van der Waals surface area (Å²) in [5.74, 6) is -1.21. The molecule has 2 unspecified atom stereocenters. The number of halogens is 2. The molecule has 1 fully saturated rings. The first-order valence-corrected chi connectivity index (χ1v) is 8.45. The van der Waals surface area contributed by atoms with E-state index in [4.69, 9.17) is 0 Å². The molecule has 0 spiro atoms. The molecular weight excluding hydrogens is 316 g/mol. The van der Waals surface area contributed by atoms with Crippen molar-refractivity contribution in [1.29, 1.82) is 0 Å². The Morgan fingerprint density at radius 1 is 1.13 bits per heavy atom. The van der Waals surface area contributed by atoms with Crippen molar-refractivity contribution in [2.24, 2.45) is 0 Å². The van der Waals surface area contributed by atoms with Crippen molar-refractivity contribution in [1.82, 2.24) is 4.90 Å². The summed E-state index contributed by atoms with van der Waals surface area (Å²) in [5, 5.41) is -0.623. The van der Waals surface area contributed by atoms with Gasteiger partial charge in [-0.25, -0.2) is 8.78 Å². The number of benzene rings is 2. The van der Waals surface area contributed by atoms with Gasteiger partial charge in [0.15, 0.2) is 0 Å². The van der Waals surface area contributed by atoms with E-state index in [2.05, 4.69) is 0 Å². The second kappa shape index (κ2) is 6.71. The van der Waals surface area contributed by atoms with E-state index in [1.807, 2.05) is 37.3 Å². The van der Waals surface area contributed by atoms with Crippen LogP contribution in [0, 0.1) is 11.6 Å². The van der Waals surface area contributed by atoms with Crippen LogP contribution in [0.15, 0.2) is 48.5 Å². The van der Waals surface area contributed by atoms with Crippen molar-refractivity contribution in [3.05, 3.63) is 71.3 Å². The van der Waals surface area contributed by atoms with E-state index in [0.29, 0.717) is 18.5 Å². The maximum Gasteiger partial charge on any atom is 0.236 e. The molecule has 2 nitrogen and oxygen atoms in total. The normalized spacial score (nSPS) is 21.0. The van der Waals surface area contributed by atoms with E-state index in [-0.39, 0.29) is 11.2 Å². The zero-order chi connectivity index (χ0) is 16.4. The van der Waals surface area contributed by atoms with Gasteiger partial charge in [-0.1, -0.05) is 36.4 Å². The van der Waals surface area contributed by atoms with Gasteiger partial charge in [-0.2, -0.15) is 0 Å². The molecule has 120 valence electrons. The summed E-state index contributed by atoms with van der Waals surface area (Å²) in [6, 6.07) is 13.4. The van der Waals surface area contributed by atoms with Crippen molar-refractivity contribution in [2.75, 3.05) is 6.54 Å². The third-order valence-electron chi connectivity index (χ3n) is 3.96. The lowest BCUT2D eigenvalue weighted by Gasteiger charge is -2.24. The Balaban J connectivity index is 1.82. The number of nitrogens with zero attached hydrogens (tertiary/aromatic N) is 1. The minimum atomic E-state index is -0.607. The number of thioether (sulfide) groups is 1. The number of carbonyl (C=O) groups excluding carboxylic acids is 1. The Morgan fingerprint density at radius 3 is 2.57 bits per heavy atom. The summed E-state index contributed by atoms with van der Waals surface area (Å²) in [5.41, 5.74) is 1.49. The molecule has 5 heteroatoms. The van der Waals surface area contributed by atoms with Gasteiger partial charge in [0.25, 0.3) is 0 Å². The second-order valence-corrected chi connectivity index (χ2v) is 6.99. The Morgan fingerprint density at radius 2 is 1.87 bits per heavy atom. The van der Waals surface area contributed by atoms with Crippen LogP contribution in [0.25, 0.3) is 0 Å². The summed E-state index contributed by atoms with van der Waals surface area (Å²) >= 11 is 1.40. The highest BCUT2D eigenvalue weighted by Crippen LogP contribution is 2.43. The standard InChI is InChI=1S/C18H17F2NOS/c1-12-17(22)21(10-9-13-5-3-2-4-6-13)18(23-12)15-8-7-14(19)11-16(15)20/h2-8,11-12,18H,9-10H2,1H3. The number of amides is 1. The molecule has 0 radical (unpaired) electrons. The molecule has 0 aliphatic carbocycles. The van der Waals surface area contributed by atoms with E-state index >= 15 is 0 Å². The fraction of sp³-hybridized carbons (Fsp3) is 0.278. The van der Waals surface area contributed by atoms with Gasteiger partial charge in [-0.05, 0) is 25.0 Å². The maximum absolute atomic E-state index is 14.1. The van der Waals surface area contributed by atoms with E-state index in [9.17, 15) is 13.6 Å². The zero-order valence-electron chi connectivity index (χ0n) is 12.7. The SMILES string of the molecule is CC1SC(c2ccc(F)cc2F)N(CCc2ccccc2)C1=O. The van der Waals surface area contributed by atoms with Crippen LogP contribution in [0.3, 0.4) is 0 Å². The molecule has 0 bridgehead atoms. The maximum atomic E-state index is 14.1. The van der Waals surface area contributed by atoms with Gasteiger partial charge >= 0.3 is 0 Å². The van der Waals surface area contributed by atoms with E-state index in [0.717, 1.165) is 11.6 Å². The molecule has 1 amide bonds. The summed E-state index contributed by atoms with van der Waals surface area (Å²) in [6.45, 7) is 2.34. The van der Waals surface area contributed by atoms with E-state index in [1.165, 1.54) is 23.9 Å². The Kier molecular flexibility index (Phi) is 4.66. The lowest BCUT2D eigenvalue weighted by Crippen LogP contribution is -2.32. The van der Waals surface area contributed by atoms with Crippen LogP contribution in [0.4, 0.5) is 8.78 Å². The predicted octanol–water partition coefficient (Wildman–Crippen LogP) is 4.17. The minimum absolute atomic E-state index is 0.000318. The third-order valence-corrected chi connectivity index (χ3v) is 5.34. The lowest BCUT2D eigenvalue weighted by atomic mass is 10.1. The number of carbonyl (C=O) groups is 1. The fourth-order valence-corrected chi connectivity index (χ4v) is 4.07. The Labute approximate surface area is 138 Å². The average molecular weight is 333 g/mol. The lowest BCUT2D eigenvalue weighted by molar-refractivity contribution is -0.129. The topological polar surface area (TPSA) is 20.3 Å². The first-order chi connectivity index (χ1) is 11.1. The van der Waals surface area contributed by atoms with Gasteiger partial charge in [-0.3, -0.25) is 4.79 Å². The first-order valence-electron chi connectivity index (χ1n) is 7.51. The molecule has 1 aliphatic heterocycles. The van der Waals surface area contributed by atoms with Crippen molar-refractivity contribution in [3.8, 4) is 0 Å². The highest BCUT2D eigenvalue weighted by atomic mass is 32.2. The summed E-state index contributed by atoms with van der Waals surface area (Å²) in [7, 11) is 0. The predicted molar refractivity (Wildman–Crippen MR) is 88.0 cm³/mol.